The predicted octanol–water partition coefficient (Wildman–Crippen LogP) is 3.57. The number of hydrogen-bond donors (Lipinski definition) is 0. The van der Waals surface area contributed by atoms with Crippen molar-refractivity contribution < 1.29 is 4.79 Å². The molecule has 76 valence electrons. The van der Waals surface area contributed by atoms with E-state index in [0.29, 0.717) is 17.1 Å². The highest BCUT2D eigenvalue weighted by molar-refractivity contribution is 5.79. The van der Waals surface area contributed by atoms with E-state index >= 15 is 0 Å². The van der Waals surface area contributed by atoms with Gasteiger partial charge in [-0.3, -0.25) is 4.79 Å². The van der Waals surface area contributed by atoms with Gasteiger partial charge in [-0.1, -0.05) is 33.6 Å². The van der Waals surface area contributed by atoms with Crippen LogP contribution in [-0.2, 0) is 4.79 Å². The van der Waals surface area contributed by atoms with Gasteiger partial charge in [0.25, 0.3) is 0 Å². The first-order chi connectivity index (χ1) is 6.06. The number of Topliss-reactive ketones (excluding diaryl/α,β-unsaturated/α-hetero) is 1. The lowest BCUT2D eigenvalue weighted by molar-refractivity contribution is -0.124. The van der Waals surface area contributed by atoms with Crippen LogP contribution >= 0.6 is 0 Å². The van der Waals surface area contributed by atoms with Crippen molar-refractivity contribution in [3.05, 3.63) is 0 Å². The molecule has 13 heavy (non-hydrogen) atoms. The van der Waals surface area contributed by atoms with E-state index in [-0.39, 0.29) is 0 Å². The minimum absolute atomic E-state index is 0.406. The van der Waals surface area contributed by atoms with Crippen LogP contribution in [0.4, 0.5) is 0 Å². The Hall–Kier alpha value is -0.330. The first kappa shape index (κ1) is 10.7. The van der Waals surface area contributed by atoms with Crippen LogP contribution in [0.1, 0.15) is 59.3 Å². The van der Waals surface area contributed by atoms with E-state index in [1.807, 2.05) is 0 Å². The molecule has 1 nitrogen and oxygen atoms in total. The molecule has 1 rings (SSSR count). The van der Waals surface area contributed by atoms with Crippen molar-refractivity contribution in [1.29, 1.82) is 0 Å². The van der Waals surface area contributed by atoms with E-state index in [2.05, 4.69) is 20.8 Å². The third-order valence-corrected chi connectivity index (χ3v) is 3.53. The Morgan fingerprint density at radius 1 is 1.46 bits per heavy atom. The molecule has 1 saturated carbocycles. The summed E-state index contributed by atoms with van der Waals surface area (Å²) < 4.78 is 0. The molecular weight excluding hydrogens is 160 g/mol. The van der Waals surface area contributed by atoms with Gasteiger partial charge in [0.1, 0.15) is 5.78 Å². The Morgan fingerprint density at radius 3 is 2.77 bits per heavy atom. The van der Waals surface area contributed by atoms with Gasteiger partial charge in [-0.05, 0) is 24.2 Å². The molecule has 1 heteroatoms. The summed E-state index contributed by atoms with van der Waals surface area (Å²) in [7, 11) is 0. The number of ketones is 1. The lowest BCUT2D eigenvalue weighted by Gasteiger charge is -2.38. The van der Waals surface area contributed by atoms with Crippen LogP contribution in [0.5, 0.6) is 0 Å². The molecule has 1 fully saturated rings. The zero-order valence-corrected chi connectivity index (χ0v) is 9.23. The molecule has 1 aliphatic rings. The average Bonchev–Trinajstić information content (AvgIpc) is 2.07. The second-order valence-corrected chi connectivity index (χ2v) is 5.07. The summed E-state index contributed by atoms with van der Waals surface area (Å²) in [6, 6.07) is 0. The van der Waals surface area contributed by atoms with E-state index in [4.69, 9.17) is 0 Å². The fraction of sp³-hybridized carbons (Fsp3) is 0.917. The Kier molecular flexibility index (Phi) is 3.52. The Bertz CT molecular complexity index is 182. The largest absolute Gasteiger partial charge is 0.300 e. The maximum Gasteiger partial charge on any atom is 0.133 e. The zero-order chi connectivity index (χ0) is 9.90. The van der Waals surface area contributed by atoms with Gasteiger partial charge in [0.2, 0.25) is 0 Å². The normalized spacial score (nSPS) is 27.6. The first-order valence-electron chi connectivity index (χ1n) is 5.58. The first-order valence-corrected chi connectivity index (χ1v) is 5.58. The van der Waals surface area contributed by atoms with Crippen LogP contribution in [0.15, 0.2) is 0 Å². The SMILES string of the molecule is CCCCC1CC(=O)CCC1(C)C. The summed E-state index contributed by atoms with van der Waals surface area (Å²) in [6.45, 7) is 6.86. The standard InChI is InChI=1S/C12H22O/c1-4-5-6-10-9-11(13)7-8-12(10,2)3/h10H,4-9H2,1-3H3. The zero-order valence-electron chi connectivity index (χ0n) is 9.23. The van der Waals surface area contributed by atoms with E-state index < -0.39 is 0 Å². The summed E-state index contributed by atoms with van der Waals surface area (Å²) in [5.41, 5.74) is 0.406. The van der Waals surface area contributed by atoms with Crippen molar-refractivity contribution in [2.45, 2.75) is 59.3 Å². The second-order valence-electron chi connectivity index (χ2n) is 5.07. The predicted molar refractivity (Wildman–Crippen MR) is 55.7 cm³/mol. The van der Waals surface area contributed by atoms with Gasteiger partial charge in [0.15, 0.2) is 0 Å². The molecule has 0 N–H and O–H groups in total. The Morgan fingerprint density at radius 2 is 2.15 bits per heavy atom. The van der Waals surface area contributed by atoms with Crippen LogP contribution in [0.25, 0.3) is 0 Å². The monoisotopic (exact) mass is 182 g/mol. The maximum absolute atomic E-state index is 11.3. The molecule has 1 unspecified atom stereocenters. The molecule has 0 bridgehead atoms. The molecule has 0 heterocycles. The van der Waals surface area contributed by atoms with Gasteiger partial charge >= 0.3 is 0 Å². The van der Waals surface area contributed by atoms with Crippen LogP contribution in [0.3, 0.4) is 0 Å². The van der Waals surface area contributed by atoms with Crippen molar-refractivity contribution >= 4 is 5.78 Å². The van der Waals surface area contributed by atoms with Crippen LogP contribution in [-0.4, -0.2) is 5.78 Å². The van der Waals surface area contributed by atoms with Crippen molar-refractivity contribution in [2.75, 3.05) is 0 Å². The van der Waals surface area contributed by atoms with E-state index in [0.717, 1.165) is 19.3 Å². The highest BCUT2D eigenvalue weighted by atomic mass is 16.1. The molecule has 0 aromatic heterocycles. The van der Waals surface area contributed by atoms with Gasteiger partial charge in [-0.15, -0.1) is 0 Å². The van der Waals surface area contributed by atoms with Crippen LogP contribution in [0.2, 0.25) is 0 Å². The van der Waals surface area contributed by atoms with E-state index in [1.54, 1.807) is 0 Å². The highest BCUT2D eigenvalue weighted by Crippen LogP contribution is 2.41. The van der Waals surface area contributed by atoms with Crippen LogP contribution < -0.4 is 0 Å². The third kappa shape index (κ3) is 2.82. The van der Waals surface area contributed by atoms with Crippen LogP contribution in [0, 0.1) is 11.3 Å². The average molecular weight is 182 g/mol. The fourth-order valence-corrected chi connectivity index (χ4v) is 2.26. The number of hydrogen-bond acceptors (Lipinski definition) is 1. The van der Waals surface area contributed by atoms with Gasteiger partial charge in [-0.25, -0.2) is 0 Å². The molecule has 0 aromatic rings. The number of carbonyl (C=O) groups is 1. The number of rotatable bonds is 3. The van der Waals surface area contributed by atoms with Crippen molar-refractivity contribution in [3.8, 4) is 0 Å². The molecule has 0 saturated heterocycles. The molecule has 1 atom stereocenters. The van der Waals surface area contributed by atoms with Gasteiger partial charge in [-0.2, -0.15) is 0 Å². The minimum atomic E-state index is 0.406. The molecule has 1 aliphatic carbocycles. The van der Waals surface area contributed by atoms with Crippen molar-refractivity contribution in [2.24, 2.45) is 11.3 Å². The number of unbranched alkanes of at least 4 members (excludes halogenated alkanes) is 1. The van der Waals surface area contributed by atoms with Crippen molar-refractivity contribution in [1.82, 2.24) is 0 Å². The lowest BCUT2D eigenvalue weighted by atomic mass is 9.67. The smallest absolute Gasteiger partial charge is 0.133 e. The van der Waals surface area contributed by atoms with E-state index in [9.17, 15) is 4.79 Å². The quantitative estimate of drug-likeness (QED) is 0.652. The Labute approximate surface area is 81.9 Å². The highest BCUT2D eigenvalue weighted by Gasteiger charge is 2.34. The van der Waals surface area contributed by atoms with Crippen molar-refractivity contribution in [3.63, 3.8) is 0 Å². The third-order valence-electron chi connectivity index (χ3n) is 3.53. The second kappa shape index (κ2) is 4.26. The molecule has 0 aromatic carbocycles. The minimum Gasteiger partial charge on any atom is -0.300 e. The molecule has 0 radical (unpaired) electrons. The molecular formula is C12H22O. The Balaban J connectivity index is 2.50. The fourth-order valence-electron chi connectivity index (χ4n) is 2.26. The molecule has 0 amide bonds. The molecule has 0 aliphatic heterocycles. The summed E-state index contributed by atoms with van der Waals surface area (Å²) in [4.78, 5) is 11.3. The summed E-state index contributed by atoms with van der Waals surface area (Å²) in [5.74, 6) is 1.13. The van der Waals surface area contributed by atoms with Gasteiger partial charge < -0.3 is 0 Å². The topological polar surface area (TPSA) is 17.1 Å². The van der Waals surface area contributed by atoms with Gasteiger partial charge in [0, 0.05) is 12.8 Å². The summed E-state index contributed by atoms with van der Waals surface area (Å²) in [6.07, 6.45) is 6.53. The van der Waals surface area contributed by atoms with Gasteiger partial charge in [0.05, 0.1) is 0 Å². The lowest BCUT2D eigenvalue weighted by Crippen LogP contribution is -2.31. The summed E-state index contributed by atoms with van der Waals surface area (Å²) >= 11 is 0. The van der Waals surface area contributed by atoms with E-state index in [1.165, 1.54) is 19.3 Å². The summed E-state index contributed by atoms with van der Waals surface area (Å²) in [5, 5.41) is 0. The maximum atomic E-state index is 11.3. The number of carbonyl (C=O) groups excluding carboxylic acids is 1. The molecule has 0 spiro atoms.